The van der Waals surface area contributed by atoms with Gasteiger partial charge in [0.2, 0.25) is 0 Å². The molecule has 1 aliphatic rings. The Kier molecular flexibility index (Phi) is 4.02. The molecule has 0 aromatic heterocycles. The molecule has 3 heteroatoms. The normalized spacial score (nSPS) is 27.7. The maximum atomic E-state index is 9.36. The molecular formula is C18H21N2O+. The van der Waals surface area contributed by atoms with Gasteiger partial charge in [-0.1, -0.05) is 72.7 Å². The molecule has 3 atom stereocenters. The number of hydrogen-bond donors (Lipinski definition) is 2. The monoisotopic (exact) mass is 281 g/mol. The van der Waals surface area contributed by atoms with Crippen LogP contribution in [0.25, 0.3) is 0 Å². The highest BCUT2D eigenvalue weighted by atomic mass is 16.4. The van der Waals surface area contributed by atoms with Crippen LogP contribution >= 0.6 is 0 Å². The van der Waals surface area contributed by atoms with Gasteiger partial charge < -0.3 is 10.5 Å². The van der Waals surface area contributed by atoms with Crippen LogP contribution in [0.4, 0.5) is 0 Å². The molecule has 3 N–H and O–H groups in total. The van der Waals surface area contributed by atoms with Crippen molar-refractivity contribution in [3.05, 3.63) is 71.8 Å². The smallest absolute Gasteiger partial charge is 0.120 e. The maximum absolute atomic E-state index is 9.36. The standard InChI is InChI=1S/C18H20N2O/c1-13-16(20-21)12-17(14-8-4-2-5-9-14)19-18(13)15-10-6-3-7-11-15/h2-11,13,17-19,21H,12H2,1H3/p+1/b20-16-/t13-,17+,18-/m1/s1. The largest absolute Gasteiger partial charge is 0.411 e. The van der Waals surface area contributed by atoms with Gasteiger partial charge >= 0.3 is 0 Å². The average Bonchev–Trinajstić information content (AvgIpc) is 2.56. The number of quaternary nitrogens is 1. The van der Waals surface area contributed by atoms with Gasteiger partial charge in [-0.15, -0.1) is 0 Å². The summed E-state index contributed by atoms with van der Waals surface area (Å²) in [5.74, 6) is 0.234. The van der Waals surface area contributed by atoms with Crippen molar-refractivity contribution in [3.8, 4) is 0 Å². The summed E-state index contributed by atoms with van der Waals surface area (Å²) in [5, 5.41) is 15.3. The highest BCUT2D eigenvalue weighted by Crippen LogP contribution is 2.29. The van der Waals surface area contributed by atoms with E-state index in [0.717, 1.165) is 12.1 Å². The highest BCUT2D eigenvalue weighted by Gasteiger charge is 2.37. The van der Waals surface area contributed by atoms with Gasteiger partial charge in [0.1, 0.15) is 12.1 Å². The molecule has 0 aliphatic carbocycles. The van der Waals surface area contributed by atoms with Gasteiger partial charge in [0.15, 0.2) is 0 Å². The summed E-state index contributed by atoms with van der Waals surface area (Å²) < 4.78 is 0. The van der Waals surface area contributed by atoms with Crippen LogP contribution in [0.3, 0.4) is 0 Å². The minimum atomic E-state index is 0.234. The van der Waals surface area contributed by atoms with E-state index in [4.69, 9.17) is 0 Å². The number of hydrogen-bond acceptors (Lipinski definition) is 2. The molecule has 3 rings (SSSR count). The molecule has 2 aromatic carbocycles. The summed E-state index contributed by atoms with van der Waals surface area (Å²) in [4.78, 5) is 0. The van der Waals surface area contributed by atoms with E-state index in [1.165, 1.54) is 11.1 Å². The number of piperidine rings is 1. The molecule has 1 aliphatic heterocycles. The van der Waals surface area contributed by atoms with Crippen molar-refractivity contribution in [2.24, 2.45) is 11.1 Å². The van der Waals surface area contributed by atoms with E-state index >= 15 is 0 Å². The Labute approximate surface area is 125 Å². The van der Waals surface area contributed by atoms with Gasteiger partial charge in [-0.2, -0.15) is 0 Å². The predicted octanol–water partition coefficient (Wildman–Crippen LogP) is 2.90. The molecule has 3 nitrogen and oxygen atoms in total. The lowest BCUT2D eigenvalue weighted by molar-refractivity contribution is -0.741. The molecule has 0 unspecified atom stereocenters. The zero-order valence-corrected chi connectivity index (χ0v) is 12.2. The number of rotatable bonds is 2. The van der Waals surface area contributed by atoms with Gasteiger partial charge in [0.25, 0.3) is 0 Å². The van der Waals surface area contributed by atoms with Crippen molar-refractivity contribution in [2.45, 2.75) is 25.4 Å². The average molecular weight is 281 g/mol. The second-order valence-corrected chi connectivity index (χ2v) is 5.73. The first-order valence-corrected chi connectivity index (χ1v) is 7.45. The van der Waals surface area contributed by atoms with E-state index in [1.807, 2.05) is 12.1 Å². The maximum Gasteiger partial charge on any atom is 0.120 e. The van der Waals surface area contributed by atoms with Crippen molar-refractivity contribution in [3.63, 3.8) is 0 Å². The topological polar surface area (TPSA) is 49.2 Å². The van der Waals surface area contributed by atoms with E-state index in [1.54, 1.807) is 0 Å². The Morgan fingerprint density at radius 1 is 0.952 bits per heavy atom. The van der Waals surface area contributed by atoms with Crippen LogP contribution in [0.15, 0.2) is 65.8 Å². The Balaban J connectivity index is 1.93. The zero-order chi connectivity index (χ0) is 14.7. The van der Waals surface area contributed by atoms with E-state index in [2.05, 4.69) is 65.9 Å². The third-order valence-corrected chi connectivity index (χ3v) is 4.47. The van der Waals surface area contributed by atoms with Crippen molar-refractivity contribution in [2.75, 3.05) is 0 Å². The third kappa shape index (κ3) is 2.83. The van der Waals surface area contributed by atoms with Crippen molar-refractivity contribution in [1.29, 1.82) is 0 Å². The number of nitrogens with zero attached hydrogens (tertiary/aromatic N) is 1. The third-order valence-electron chi connectivity index (χ3n) is 4.47. The van der Waals surface area contributed by atoms with Crippen molar-refractivity contribution < 1.29 is 10.5 Å². The fourth-order valence-electron chi connectivity index (χ4n) is 3.24. The fourth-order valence-corrected chi connectivity index (χ4v) is 3.24. The summed E-state index contributed by atoms with van der Waals surface area (Å²) >= 11 is 0. The van der Waals surface area contributed by atoms with E-state index in [0.29, 0.717) is 6.04 Å². The Morgan fingerprint density at radius 3 is 2.10 bits per heavy atom. The zero-order valence-electron chi connectivity index (χ0n) is 12.2. The molecule has 0 saturated carbocycles. The van der Waals surface area contributed by atoms with Crippen LogP contribution in [-0.2, 0) is 0 Å². The summed E-state index contributed by atoms with van der Waals surface area (Å²) in [7, 11) is 0. The van der Waals surface area contributed by atoms with Gasteiger partial charge in [-0.05, 0) is 0 Å². The first-order valence-electron chi connectivity index (χ1n) is 7.45. The number of nitrogens with two attached hydrogens (primary N) is 1. The molecule has 1 heterocycles. The van der Waals surface area contributed by atoms with E-state index < -0.39 is 0 Å². The number of benzene rings is 2. The Bertz CT molecular complexity index is 610. The first kappa shape index (κ1) is 13.8. The molecule has 0 radical (unpaired) electrons. The van der Waals surface area contributed by atoms with Crippen molar-refractivity contribution >= 4 is 5.71 Å². The van der Waals surface area contributed by atoms with Gasteiger partial charge in [0, 0.05) is 17.5 Å². The van der Waals surface area contributed by atoms with Crippen LogP contribution in [-0.4, -0.2) is 10.9 Å². The molecule has 1 fully saturated rings. The van der Waals surface area contributed by atoms with Crippen molar-refractivity contribution in [1.82, 2.24) is 0 Å². The molecule has 0 amide bonds. The minimum absolute atomic E-state index is 0.234. The van der Waals surface area contributed by atoms with E-state index in [9.17, 15) is 5.21 Å². The van der Waals surface area contributed by atoms with Gasteiger partial charge in [-0.25, -0.2) is 0 Å². The second kappa shape index (κ2) is 6.10. The molecule has 108 valence electrons. The SMILES string of the molecule is C[C@@H]1/C(=N\O)C[C@@H](c2ccccc2)[NH2+][C@H]1c1ccccc1. The van der Waals surface area contributed by atoms with Gasteiger partial charge in [0.05, 0.1) is 11.6 Å². The second-order valence-electron chi connectivity index (χ2n) is 5.73. The number of oxime groups is 1. The lowest BCUT2D eigenvalue weighted by atomic mass is 9.81. The molecular weight excluding hydrogens is 260 g/mol. The molecule has 21 heavy (non-hydrogen) atoms. The molecule has 0 spiro atoms. The summed E-state index contributed by atoms with van der Waals surface area (Å²) in [5.41, 5.74) is 3.46. The summed E-state index contributed by atoms with van der Waals surface area (Å²) in [6.07, 6.45) is 0.797. The summed E-state index contributed by atoms with van der Waals surface area (Å²) in [6, 6.07) is 21.5. The van der Waals surface area contributed by atoms with E-state index in [-0.39, 0.29) is 12.0 Å². The first-order chi connectivity index (χ1) is 10.3. The fraction of sp³-hybridized carbons (Fsp3) is 0.278. The lowest BCUT2D eigenvalue weighted by Crippen LogP contribution is -2.90. The molecule has 0 bridgehead atoms. The summed E-state index contributed by atoms with van der Waals surface area (Å²) in [6.45, 7) is 2.14. The van der Waals surface area contributed by atoms with Gasteiger partial charge in [-0.3, -0.25) is 0 Å². The van der Waals surface area contributed by atoms with Crippen LogP contribution in [0, 0.1) is 5.92 Å². The lowest BCUT2D eigenvalue weighted by Gasteiger charge is -2.33. The predicted molar refractivity (Wildman–Crippen MR) is 83.3 cm³/mol. The van der Waals surface area contributed by atoms with Crippen LogP contribution in [0.1, 0.15) is 36.6 Å². The quantitative estimate of drug-likeness (QED) is 0.645. The minimum Gasteiger partial charge on any atom is -0.411 e. The molecule has 2 aromatic rings. The Hall–Kier alpha value is -2.13. The van der Waals surface area contributed by atoms with Crippen LogP contribution < -0.4 is 5.32 Å². The molecule has 1 saturated heterocycles. The highest BCUT2D eigenvalue weighted by molar-refractivity contribution is 5.87. The van der Waals surface area contributed by atoms with Crippen LogP contribution in [0.5, 0.6) is 0 Å². The van der Waals surface area contributed by atoms with Crippen LogP contribution in [0.2, 0.25) is 0 Å². The Morgan fingerprint density at radius 2 is 1.52 bits per heavy atom.